The fourth-order valence-corrected chi connectivity index (χ4v) is 2.89. The fraction of sp³-hybridized carbons (Fsp3) is 0.647. The maximum atomic E-state index is 9.69. The van der Waals surface area contributed by atoms with Crippen molar-refractivity contribution in [3.8, 4) is 0 Å². The first kappa shape index (κ1) is 15.8. The van der Waals surface area contributed by atoms with Gasteiger partial charge in [-0.15, -0.1) is 0 Å². The van der Waals surface area contributed by atoms with E-state index in [2.05, 4.69) is 31.3 Å². The van der Waals surface area contributed by atoms with Crippen molar-refractivity contribution in [2.24, 2.45) is 11.3 Å². The largest absolute Gasteiger partial charge is 0.396 e. The van der Waals surface area contributed by atoms with Crippen LogP contribution in [0.5, 0.6) is 0 Å². The SMILES string of the molecule is CCC(CC)(CO)CNC(c1ccc(Cl)cc1)C1CC1. The lowest BCUT2D eigenvalue weighted by Crippen LogP contribution is -2.38. The van der Waals surface area contributed by atoms with Crippen molar-refractivity contribution in [2.45, 2.75) is 45.6 Å². The van der Waals surface area contributed by atoms with Gasteiger partial charge >= 0.3 is 0 Å². The lowest BCUT2D eigenvalue weighted by Gasteiger charge is -2.32. The van der Waals surface area contributed by atoms with Crippen LogP contribution in [0, 0.1) is 11.3 Å². The highest BCUT2D eigenvalue weighted by molar-refractivity contribution is 6.30. The van der Waals surface area contributed by atoms with Crippen LogP contribution in [0.1, 0.15) is 51.1 Å². The minimum absolute atomic E-state index is 0.0135. The van der Waals surface area contributed by atoms with E-state index in [9.17, 15) is 5.11 Å². The van der Waals surface area contributed by atoms with Gasteiger partial charge in [0.05, 0.1) is 0 Å². The van der Waals surface area contributed by atoms with E-state index < -0.39 is 0 Å². The van der Waals surface area contributed by atoms with E-state index in [4.69, 9.17) is 11.6 Å². The second-order valence-corrected chi connectivity index (χ2v) is 6.55. The van der Waals surface area contributed by atoms with Crippen molar-refractivity contribution >= 4 is 11.6 Å². The second-order valence-electron chi connectivity index (χ2n) is 6.11. The van der Waals surface area contributed by atoms with Crippen molar-refractivity contribution in [2.75, 3.05) is 13.2 Å². The highest BCUT2D eigenvalue weighted by atomic mass is 35.5. The molecule has 1 saturated carbocycles. The van der Waals surface area contributed by atoms with Crippen LogP contribution in [0.2, 0.25) is 5.02 Å². The Kier molecular flexibility index (Phi) is 5.48. The Morgan fingerprint density at radius 1 is 1.25 bits per heavy atom. The third-order valence-electron chi connectivity index (χ3n) is 4.85. The molecule has 1 aliphatic carbocycles. The Morgan fingerprint density at radius 3 is 2.30 bits per heavy atom. The normalized spacial score (nSPS) is 17.2. The molecule has 20 heavy (non-hydrogen) atoms. The highest BCUT2D eigenvalue weighted by Gasteiger charge is 2.34. The summed E-state index contributed by atoms with van der Waals surface area (Å²) in [5.74, 6) is 0.737. The molecule has 2 N–H and O–H groups in total. The number of aliphatic hydroxyl groups excluding tert-OH is 1. The lowest BCUT2D eigenvalue weighted by atomic mass is 9.82. The molecule has 1 fully saturated rings. The van der Waals surface area contributed by atoms with Gasteiger partial charge in [-0.1, -0.05) is 37.6 Å². The fourth-order valence-electron chi connectivity index (χ4n) is 2.76. The van der Waals surface area contributed by atoms with E-state index in [-0.39, 0.29) is 12.0 Å². The van der Waals surface area contributed by atoms with E-state index in [1.54, 1.807) is 0 Å². The average Bonchev–Trinajstić information content (AvgIpc) is 3.31. The van der Waals surface area contributed by atoms with Gasteiger partial charge in [0.1, 0.15) is 0 Å². The van der Waals surface area contributed by atoms with E-state index in [0.29, 0.717) is 6.04 Å². The van der Waals surface area contributed by atoms with Crippen molar-refractivity contribution in [1.82, 2.24) is 5.32 Å². The molecule has 0 aromatic heterocycles. The Morgan fingerprint density at radius 2 is 1.85 bits per heavy atom. The van der Waals surface area contributed by atoms with E-state index in [0.717, 1.165) is 30.3 Å². The summed E-state index contributed by atoms with van der Waals surface area (Å²) in [4.78, 5) is 0. The van der Waals surface area contributed by atoms with Crippen LogP contribution < -0.4 is 5.32 Å². The molecule has 0 amide bonds. The minimum atomic E-state index is 0.0135. The number of rotatable bonds is 8. The molecule has 2 nitrogen and oxygen atoms in total. The standard InChI is InChI=1S/C17H26ClNO/c1-3-17(4-2,12-20)11-19-16(13-5-6-13)14-7-9-15(18)10-8-14/h7-10,13,16,19-20H,3-6,11-12H2,1-2H3. The van der Waals surface area contributed by atoms with Crippen LogP contribution in [0.25, 0.3) is 0 Å². The van der Waals surface area contributed by atoms with Gasteiger partial charge in [-0.3, -0.25) is 0 Å². The van der Waals surface area contributed by atoms with Crippen LogP contribution in [-0.2, 0) is 0 Å². The van der Waals surface area contributed by atoms with E-state index in [1.165, 1.54) is 18.4 Å². The third kappa shape index (κ3) is 3.75. The van der Waals surface area contributed by atoms with Crippen molar-refractivity contribution in [1.29, 1.82) is 0 Å². The van der Waals surface area contributed by atoms with Gasteiger partial charge < -0.3 is 10.4 Å². The molecular formula is C17H26ClNO. The maximum Gasteiger partial charge on any atom is 0.0499 e. The van der Waals surface area contributed by atoms with Gasteiger partial charge in [0.25, 0.3) is 0 Å². The van der Waals surface area contributed by atoms with Gasteiger partial charge in [0.2, 0.25) is 0 Å². The summed E-state index contributed by atoms with van der Waals surface area (Å²) in [6.45, 7) is 5.46. The molecule has 1 atom stereocenters. The minimum Gasteiger partial charge on any atom is -0.396 e. The number of aliphatic hydroxyl groups is 1. The van der Waals surface area contributed by atoms with Crippen LogP contribution >= 0.6 is 11.6 Å². The molecule has 0 radical (unpaired) electrons. The summed E-state index contributed by atoms with van der Waals surface area (Å²) >= 11 is 5.98. The van der Waals surface area contributed by atoms with Gasteiger partial charge in [-0.05, 0) is 49.3 Å². The number of hydrogen-bond acceptors (Lipinski definition) is 2. The number of nitrogens with one attached hydrogen (secondary N) is 1. The summed E-state index contributed by atoms with van der Waals surface area (Å²) < 4.78 is 0. The van der Waals surface area contributed by atoms with Crippen molar-refractivity contribution in [3.05, 3.63) is 34.9 Å². The maximum absolute atomic E-state index is 9.69. The zero-order valence-corrected chi connectivity index (χ0v) is 13.3. The molecule has 0 aliphatic heterocycles. The molecular weight excluding hydrogens is 270 g/mol. The van der Waals surface area contributed by atoms with Crippen molar-refractivity contribution < 1.29 is 5.11 Å². The van der Waals surface area contributed by atoms with E-state index >= 15 is 0 Å². The molecule has 1 aliphatic rings. The van der Waals surface area contributed by atoms with E-state index in [1.807, 2.05) is 12.1 Å². The van der Waals surface area contributed by atoms with Crippen molar-refractivity contribution in [3.63, 3.8) is 0 Å². The summed E-state index contributed by atoms with van der Waals surface area (Å²) in [7, 11) is 0. The molecule has 112 valence electrons. The van der Waals surface area contributed by atoms with Gasteiger partial charge in [-0.25, -0.2) is 0 Å². The topological polar surface area (TPSA) is 32.3 Å². The molecule has 1 aromatic rings. The first-order valence-corrected chi connectivity index (χ1v) is 8.11. The molecule has 3 heteroatoms. The average molecular weight is 296 g/mol. The van der Waals surface area contributed by atoms with Crippen LogP contribution in [0.15, 0.2) is 24.3 Å². The molecule has 1 aromatic carbocycles. The lowest BCUT2D eigenvalue weighted by molar-refractivity contribution is 0.108. The third-order valence-corrected chi connectivity index (χ3v) is 5.11. The van der Waals surface area contributed by atoms with Crippen LogP contribution in [0.3, 0.4) is 0 Å². The molecule has 0 spiro atoms. The predicted octanol–water partition coefficient (Wildman–Crippen LogP) is 4.18. The molecule has 0 saturated heterocycles. The van der Waals surface area contributed by atoms with Gasteiger partial charge in [0, 0.05) is 29.6 Å². The second kappa shape index (κ2) is 6.93. The molecule has 0 heterocycles. The quantitative estimate of drug-likeness (QED) is 0.754. The first-order valence-electron chi connectivity index (χ1n) is 7.74. The smallest absolute Gasteiger partial charge is 0.0499 e. The predicted molar refractivity (Wildman–Crippen MR) is 85.0 cm³/mol. The molecule has 0 bridgehead atoms. The summed E-state index contributed by atoms with van der Waals surface area (Å²) in [6, 6.07) is 8.57. The summed E-state index contributed by atoms with van der Waals surface area (Å²) in [5.41, 5.74) is 1.33. The Labute approximate surface area is 127 Å². The zero-order chi connectivity index (χ0) is 14.6. The van der Waals surface area contributed by atoms with Crippen LogP contribution in [0.4, 0.5) is 0 Å². The monoisotopic (exact) mass is 295 g/mol. The highest BCUT2D eigenvalue weighted by Crippen LogP contribution is 2.41. The molecule has 1 unspecified atom stereocenters. The zero-order valence-electron chi connectivity index (χ0n) is 12.5. The van der Waals surface area contributed by atoms with Crippen LogP contribution in [-0.4, -0.2) is 18.3 Å². The van der Waals surface area contributed by atoms with Gasteiger partial charge in [0.15, 0.2) is 0 Å². The first-order chi connectivity index (χ1) is 9.64. The summed E-state index contributed by atoms with van der Waals surface area (Å²) in [6.07, 6.45) is 4.60. The number of benzene rings is 1. The Bertz CT molecular complexity index is 401. The number of hydrogen-bond donors (Lipinski definition) is 2. The Balaban J connectivity index is 2.05. The Hall–Kier alpha value is -0.570. The summed E-state index contributed by atoms with van der Waals surface area (Å²) in [5, 5.41) is 14.2. The van der Waals surface area contributed by atoms with Gasteiger partial charge in [-0.2, -0.15) is 0 Å². The number of halogens is 1. The molecule has 2 rings (SSSR count).